The molecule has 1 aromatic heterocycles. The van der Waals surface area contributed by atoms with Gasteiger partial charge in [-0.1, -0.05) is 12.8 Å². The van der Waals surface area contributed by atoms with E-state index in [4.69, 9.17) is 0 Å². The van der Waals surface area contributed by atoms with E-state index in [1.54, 1.807) is 23.2 Å². The SMILES string of the molecule is CCN(C(C)=O)c1nc(CN[C@@H](C)C2CCCC2)cs1. The highest BCUT2D eigenvalue weighted by molar-refractivity contribution is 7.14. The number of thiazole rings is 1. The summed E-state index contributed by atoms with van der Waals surface area (Å²) in [6, 6.07) is 0.553. The molecule has 1 saturated carbocycles. The molecule has 1 atom stereocenters. The number of anilines is 1. The van der Waals surface area contributed by atoms with Crippen LogP contribution >= 0.6 is 11.3 Å². The number of carbonyl (C=O) groups excluding carboxylic acids is 1. The summed E-state index contributed by atoms with van der Waals surface area (Å²) in [6.07, 6.45) is 5.46. The first-order valence-corrected chi connectivity index (χ1v) is 8.45. The van der Waals surface area contributed by atoms with Gasteiger partial charge in [0.1, 0.15) is 0 Å². The first kappa shape index (κ1) is 15.4. The van der Waals surface area contributed by atoms with Crippen LogP contribution in [0.5, 0.6) is 0 Å². The first-order chi connectivity index (χ1) is 9.61. The van der Waals surface area contributed by atoms with Gasteiger partial charge in [-0.25, -0.2) is 4.98 Å². The number of hydrogen-bond donors (Lipinski definition) is 1. The Bertz CT molecular complexity index is 440. The van der Waals surface area contributed by atoms with E-state index in [-0.39, 0.29) is 5.91 Å². The molecule has 0 spiro atoms. The zero-order valence-electron chi connectivity index (χ0n) is 12.7. The Balaban J connectivity index is 1.87. The molecule has 1 aromatic rings. The minimum atomic E-state index is 0.0562. The number of nitrogens with one attached hydrogen (secondary N) is 1. The van der Waals surface area contributed by atoms with E-state index >= 15 is 0 Å². The lowest BCUT2D eigenvalue weighted by Crippen LogP contribution is -2.32. The Morgan fingerprint density at radius 2 is 2.25 bits per heavy atom. The van der Waals surface area contributed by atoms with Crippen molar-refractivity contribution in [3.63, 3.8) is 0 Å². The van der Waals surface area contributed by atoms with Crippen molar-refractivity contribution in [3.8, 4) is 0 Å². The summed E-state index contributed by atoms with van der Waals surface area (Å²) in [7, 11) is 0. The number of nitrogens with zero attached hydrogens (tertiary/aromatic N) is 2. The average molecular weight is 295 g/mol. The highest BCUT2D eigenvalue weighted by Gasteiger charge is 2.21. The van der Waals surface area contributed by atoms with E-state index in [2.05, 4.69) is 22.6 Å². The van der Waals surface area contributed by atoms with Gasteiger partial charge in [0.15, 0.2) is 5.13 Å². The van der Waals surface area contributed by atoms with E-state index in [0.717, 1.165) is 23.3 Å². The normalized spacial score (nSPS) is 17.4. The zero-order chi connectivity index (χ0) is 14.5. The summed E-state index contributed by atoms with van der Waals surface area (Å²) >= 11 is 1.55. The lowest BCUT2D eigenvalue weighted by Gasteiger charge is -2.19. The molecule has 1 amide bonds. The number of aromatic nitrogens is 1. The highest BCUT2D eigenvalue weighted by atomic mass is 32.1. The van der Waals surface area contributed by atoms with Crippen LogP contribution in [-0.2, 0) is 11.3 Å². The van der Waals surface area contributed by atoms with Crippen molar-refractivity contribution in [2.45, 2.75) is 59.0 Å². The van der Waals surface area contributed by atoms with Crippen molar-refractivity contribution >= 4 is 22.4 Å². The molecule has 1 aliphatic carbocycles. The molecule has 20 heavy (non-hydrogen) atoms. The summed E-state index contributed by atoms with van der Waals surface area (Å²) in [4.78, 5) is 17.8. The summed E-state index contributed by atoms with van der Waals surface area (Å²) in [5.74, 6) is 0.873. The molecule has 4 nitrogen and oxygen atoms in total. The fraction of sp³-hybridized carbons (Fsp3) is 0.733. The maximum atomic E-state index is 11.5. The topological polar surface area (TPSA) is 45.2 Å². The molecular weight excluding hydrogens is 270 g/mol. The molecule has 0 bridgehead atoms. The number of rotatable bonds is 6. The van der Waals surface area contributed by atoms with Gasteiger partial charge in [-0.05, 0) is 32.6 Å². The average Bonchev–Trinajstić information content (AvgIpc) is 3.08. The summed E-state index contributed by atoms with van der Waals surface area (Å²) in [5, 5.41) is 6.44. The van der Waals surface area contributed by atoms with Crippen LogP contribution in [0, 0.1) is 5.92 Å². The second-order valence-corrected chi connectivity index (χ2v) is 6.44. The van der Waals surface area contributed by atoms with E-state index < -0.39 is 0 Å². The molecule has 2 rings (SSSR count). The Morgan fingerprint density at radius 3 is 2.85 bits per heavy atom. The van der Waals surface area contributed by atoms with Crippen molar-refractivity contribution in [1.29, 1.82) is 0 Å². The molecule has 1 fully saturated rings. The molecule has 0 saturated heterocycles. The lowest BCUT2D eigenvalue weighted by molar-refractivity contribution is -0.116. The molecule has 112 valence electrons. The fourth-order valence-electron chi connectivity index (χ4n) is 2.88. The van der Waals surface area contributed by atoms with Gasteiger partial charge in [0.05, 0.1) is 5.69 Å². The van der Waals surface area contributed by atoms with Crippen LogP contribution in [0.15, 0.2) is 5.38 Å². The smallest absolute Gasteiger partial charge is 0.225 e. The molecular formula is C15H25N3OS. The van der Waals surface area contributed by atoms with Gasteiger partial charge in [0.2, 0.25) is 5.91 Å². The van der Waals surface area contributed by atoms with Crippen LogP contribution in [0.25, 0.3) is 0 Å². The van der Waals surface area contributed by atoms with Gasteiger partial charge in [0.25, 0.3) is 0 Å². The van der Waals surface area contributed by atoms with Crippen LogP contribution in [0.2, 0.25) is 0 Å². The molecule has 0 aliphatic heterocycles. The van der Waals surface area contributed by atoms with Crippen LogP contribution in [0.4, 0.5) is 5.13 Å². The van der Waals surface area contributed by atoms with Crippen LogP contribution in [0.1, 0.15) is 52.1 Å². The third-order valence-electron chi connectivity index (χ3n) is 4.18. The van der Waals surface area contributed by atoms with Crippen molar-refractivity contribution in [2.24, 2.45) is 5.92 Å². The van der Waals surface area contributed by atoms with Crippen molar-refractivity contribution in [1.82, 2.24) is 10.3 Å². The van der Waals surface area contributed by atoms with Gasteiger partial charge >= 0.3 is 0 Å². The van der Waals surface area contributed by atoms with Crippen LogP contribution < -0.4 is 10.2 Å². The zero-order valence-corrected chi connectivity index (χ0v) is 13.5. The fourth-order valence-corrected chi connectivity index (χ4v) is 3.82. The van der Waals surface area contributed by atoms with Gasteiger partial charge in [-0.2, -0.15) is 0 Å². The molecule has 1 aliphatic rings. The monoisotopic (exact) mass is 295 g/mol. The molecule has 5 heteroatoms. The number of amides is 1. The number of hydrogen-bond acceptors (Lipinski definition) is 4. The summed E-state index contributed by atoms with van der Waals surface area (Å²) in [5.41, 5.74) is 1.04. The first-order valence-electron chi connectivity index (χ1n) is 7.57. The van der Waals surface area contributed by atoms with Crippen molar-refractivity contribution in [2.75, 3.05) is 11.4 Å². The second-order valence-electron chi connectivity index (χ2n) is 5.60. The largest absolute Gasteiger partial charge is 0.308 e. The predicted octanol–water partition coefficient (Wildman–Crippen LogP) is 3.18. The quantitative estimate of drug-likeness (QED) is 0.876. The molecule has 1 heterocycles. The summed E-state index contributed by atoms with van der Waals surface area (Å²) in [6.45, 7) is 7.31. The minimum Gasteiger partial charge on any atom is -0.308 e. The third-order valence-corrected chi connectivity index (χ3v) is 5.09. The van der Waals surface area contributed by atoms with Gasteiger partial charge in [-0.15, -0.1) is 11.3 Å². The Morgan fingerprint density at radius 1 is 1.55 bits per heavy atom. The Hall–Kier alpha value is -0.940. The van der Waals surface area contributed by atoms with Gasteiger partial charge in [0, 0.05) is 31.4 Å². The predicted molar refractivity (Wildman–Crippen MR) is 84.1 cm³/mol. The maximum Gasteiger partial charge on any atom is 0.225 e. The Labute approximate surface area is 125 Å². The van der Waals surface area contributed by atoms with Crippen LogP contribution in [0.3, 0.4) is 0 Å². The second kappa shape index (κ2) is 7.18. The van der Waals surface area contributed by atoms with Gasteiger partial charge < -0.3 is 5.32 Å². The standard InChI is InChI=1S/C15H25N3OS/c1-4-18(12(3)19)15-17-14(10-20-15)9-16-11(2)13-7-5-6-8-13/h10-11,13,16H,4-9H2,1-3H3/t11-/m0/s1. The molecule has 0 unspecified atom stereocenters. The maximum absolute atomic E-state index is 11.5. The van der Waals surface area contributed by atoms with E-state index in [9.17, 15) is 4.79 Å². The van der Waals surface area contributed by atoms with Crippen molar-refractivity contribution < 1.29 is 4.79 Å². The minimum absolute atomic E-state index is 0.0562. The summed E-state index contributed by atoms with van der Waals surface area (Å²) < 4.78 is 0. The Kier molecular flexibility index (Phi) is 5.54. The molecule has 1 N–H and O–H groups in total. The molecule has 0 aromatic carbocycles. The van der Waals surface area contributed by atoms with Crippen LogP contribution in [-0.4, -0.2) is 23.5 Å². The third kappa shape index (κ3) is 3.79. The van der Waals surface area contributed by atoms with E-state index in [1.807, 2.05) is 6.92 Å². The van der Waals surface area contributed by atoms with E-state index in [0.29, 0.717) is 12.6 Å². The highest BCUT2D eigenvalue weighted by Crippen LogP contribution is 2.28. The van der Waals surface area contributed by atoms with E-state index in [1.165, 1.54) is 25.7 Å². The number of carbonyl (C=O) groups is 1. The van der Waals surface area contributed by atoms with Gasteiger partial charge in [-0.3, -0.25) is 9.69 Å². The van der Waals surface area contributed by atoms with Crippen molar-refractivity contribution in [3.05, 3.63) is 11.1 Å². The molecule has 0 radical (unpaired) electrons. The lowest BCUT2D eigenvalue weighted by atomic mass is 10.00.